The van der Waals surface area contributed by atoms with Crippen molar-refractivity contribution in [3.63, 3.8) is 0 Å². The second-order valence-electron chi connectivity index (χ2n) is 7.47. The van der Waals surface area contributed by atoms with E-state index in [1.165, 1.54) is 0 Å². The number of hydrogen-bond donors (Lipinski definition) is 7. The minimum atomic E-state index is -5.43. The van der Waals surface area contributed by atoms with E-state index in [4.69, 9.17) is 14.6 Å². The minimum absolute atomic E-state index is 0.149. The van der Waals surface area contributed by atoms with Gasteiger partial charge in [0.05, 0.1) is 31.5 Å². The molecule has 2 fully saturated rings. The Labute approximate surface area is 190 Å². The Balaban J connectivity index is 1.57. The van der Waals surface area contributed by atoms with Crippen LogP contribution in [0.25, 0.3) is 0 Å². The van der Waals surface area contributed by atoms with Crippen LogP contribution in [0.15, 0.2) is 21.9 Å². The summed E-state index contributed by atoms with van der Waals surface area (Å²) in [6.07, 6.45) is -9.18. The summed E-state index contributed by atoms with van der Waals surface area (Å²) in [6, 6.07) is 1.05. The number of ether oxygens (including phenoxy) is 2. The first kappa shape index (κ1) is 27.3. The van der Waals surface area contributed by atoms with E-state index in [1.807, 2.05) is 4.98 Å². The maximum absolute atomic E-state index is 12.1. The number of nitrogens with zero attached hydrogens (tertiary/aromatic N) is 1. The quantitative estimate of drug-likeness (QED) is 0.159. The van der Waals surface area contributed by atoms with Crippen molar-refractivity contribution in [2.75, 3.05) is 13.2 Å². The smallest absolute Gasteiger partial charge is 0.394 e. The first-order valence-electron chi connectivity index (χ1n) is 9.77. The number of rotatable bonds is 9. The van der Waals surface area contributed by atoms with Crippen molar-refractivity contribution in [2.24, 2.45) is 0 Å². The molecule has 0 radical (unpaired) electrons. The molecule has 2 saturated heterocycles. The van der Waals surface area contributed by atoms with Gasteiger partial charge in [-0.2, -0.15) is 4.31 Å². The highest BCUT2D eigenvalue weighted by molar-refractivity contribution is 7.61. The van der Waals surface area contributed by atoms with Crippen molar-refractivity contribution in [2.45, 2.75) is 55.9 Å². The Kier molecular flexibility index (Phi) is 8.63. The van der Waals surface area contributed by atoms with Gasteiger partial charge in [-0.3, -0.25) is 23.4 Å². The fraction of sp³-hybridized carbons (Fsp3) is 0.733. The first-order chi connectivity index (χ1) is 15.8. The van der Waals surface area contributed by atoms with Crippen LogP contribution in [0.5, 0.6) is 0 Å². The van der Waals surface area contributed by atoms with Gasteiger partial charge in [0.2, 0.25) is 0 Å². The van der Waals surface area contributed by atoms with Crippen LogP contribution in [-0.4, -0.2) is 89.8 Å². The third kappa shape index (κ3) is 6.89. The molecule has 3 heterocycles. The zero-order valence-corrected chi connectivity index (χ0v) is 19.0. The maximum Gasteiger partial charge on any atom is 0.483 e. The highest BCUT2D eigenvalue weighted by Gasteiger charge is 2.45. The van der Waals surface area contributed by atoms with E-state index in [1.54, 1.807) is 0 Å². The molecule has 0 amide bonds. The Hall–Kier alpha value is -1.30. The zero-order chi connectivity index (χ0) is 25.3. The second kappa shape index (κ2) is 10.8. The van der Waals surface area contributed by atoms with Gasteiger partial charge in [-0.1, -0.05) is 0 Å². The first-order valence-corrected chi connectivity index (χ1v) is 12.8. The lowest BCUT2D eigenvalue weighted by atomic mass is 10.0. The molecule has 0 aromatic carbocycles. The Morgan fingerprint density at radius 2 is 1.79 bits per heavy atom. The fourth-order valence-corrected chi connectivity index (χ4v) is 5.44. The van der Waals surface area contributed by atoms with Gasteiger partial charge < -0.3 is 39.7 Å². The number of hydrogen-bond acceptors (Lipinski definition) is 13. The number of H-pyrrole nitrogens is 1. The van der Waals surface area contributed by atoms with E-state index in [-0.39, 0.29) is 12.8 Å². The molecular formula is C15H24N2O15P2. The number of phosphoric acid groups is 2. The summed E-state index contributed by atoms with van der Waals surface area (Å²) in [6.45, 7) is -1.44. The van der Waals surface area contributed by atoms with Crippen LogP contribution in [0, 0.1) is 0 Å². The van der Waals surface area contributed by atoms with Gasteiger partial charge in [-0.05, 0) is 0 Å². The molecule has 194 valence electrons. The van der Waals surface area contributed by atoms with Crippen LogP contribution in [0.2, 0.25) is 0 Å². The lowest BCUT2D eigenvalue weighted by Crippen LogP contribution is -2.50. The zero-order valence-electron chi connectivity index (χ0n) is 17.2. The summed E-state index contributed by atoms with van der Waals surface area (Å²) in [5.74, 6) is 0. The largest absolute Gasteiger partial charge is 0.483 e. The number of nitrogens with one attached hydrogen (secondary N) is 1. The Bertz CT molecular complexity index is 1060. The third-order valence-electron chi connectivity index (χ3n) is 4.92. The van der Waals surface area contributed by atoms with Crippen LogP contribution in [-0.2, 0) is 32.0 Å². The lowest BCUT2D eigenvalue weighted by molar-refractivity contribution is -0.244. The molecule has 9 atom stereocenters. The van der Waals surface area contributed by atoms with E-state index < -0.39 is 83.1 Å². The van der Waals surface area contributed by atoms with Crippen LogP contribution in [0.1, 0.15) is 19.1 Å². The highest BCUT2D eigenvalue weighted by Crippen LogP contribution is 2.61. The number of aromatic amines is 1. The molecule has 0 aliphatic carbocycles. The Morgan fingerprint density at radius 1 is 1.09 bits per heavy atom. The lowest BCUT2D eigenvalue weighted by Gasteiger charge is -2.36. The predicted octanol–water partition coefficient (Wildman–Crippen LogP) is -2.74. The standard InChI is InChI=1S/C15H24N2O15P2/c18-5-7-3-9(20)13(22)14(29-7)31-34(26,27)32-33(24,25)28-6-10-8(19)4-12(30-10)17-2-1-11(21)16-15(17)23/h1-2,7-10,12-14,18-20,22H,3-6H2,(H,24,25)(H,26,27)(H,16,21,23)/t7?,8-,9?,10+,12?,13?,14?/m0/s1. The summed E-state index contributed by atoms with van der Waals surface area (Å²) in [4.78, 5) is 44.5. The molecule has 34 heavy (non-hydrogen) atoms. The fourth-order valence-electron chi connectivity index (χ4n) is 3.28. The number of phosphoric ester groups is 2. The summed E-state index contributed by atoms with van der Waals surface area (Å²) >= 11 is 0. The monoisotopic (exact) mass is 534 g/mol. The SMILES string of the molecule is O=c1ccn(C2C[C@H](O)[C@@H](COP(=O)(O)OP(=O)(O)OC3OC(CO)CC(O)C3O)O2)c(=O)[nH]1. The van der Waals surface area contributed by atoms with E-state index in [0.717, 1.165) is 16.8 Å². The molecule has 2 aliphatic rings. The molecule has 0 spiro atoms. The normalized spacial score (nSPS) is 35.5. The van der Waals surface area contributed by atoms with Gasteiger partial charge >= 0.3 is 21.3 Å². The molecule has 0 bridgehead atoms. The van der Waals surface area contributed by atoms with Gasteiger partial charge in [0.25, 0.3) is 5.56 Å². The molecule has 3 rings (SSSR count). The average molecular weight is 534 g/mol. The average Bonchev–Trinajstić information content (AvgIpc) is 3.09. The molecule has 7 unspecified atom stereocenters. The van der Waals surface area contributed by atoms with Crippen molar-refractivity contribution in [1.29, 1.82) is 0 Å². The van der Waals surface area contributed by atoms with Gasteiger partial charge in [-0.15, -0.1) is 0 Å². The third-order valence-corrected chi connectivity index (χ3v) is 7.52. The van der Waals surface area contributed by atoms with Crippen molar-refractivity contribution in [3.05, 3.63) is 33.1 Å². The van der Waals surface area contributed by atoms with Gasteiger partial charge in [0.15, 0.2) is 6.29 Å². The summed E-state index contributed by atoms with van der Waals surface area (Å²) < 4.78 is 48.8. The topological polar surface area (TPSA) is 257 Å². The Morgan fingerprint density at radius 3 is 2.44 bits per heavy atom. The highest BCUT2D eigenvalue weighted by atomic mass is 31.3. The molecule has 19 heteroatoms. The van der Waals surface area contributed by atoms with Crippen molar-refractivity contribution >= 4 is 15.6 Å². The van der Waals surface area contributed by atoms with E-state index >= 15 is 0 Å². The number of aliphatic hydroxyl groups is 4. The van der Waals surface area contributed by atoms with Crippen LogP contribution < -0.4 is 11.2 Å². The molecule has 0 saturated carbocycles. The van der Waals surface area contributed by atoms with Crippen LogP contribution in [0.4, 0.5) is 0 Å². The van der Waals surface area contributed by atoms with Crippen LogP contribution in [0.3, 0.4) is 0 Å². The van der Waals surface area contributed by atoms with E-state index in [9.17, 15) is 43.8 Å². The number of aliphatic hydroxyl groups excluding tert-OH is 4. The molecule has 7 N–H and O–H groups in total. The molecule has 2 aliphatic heterocycles. The maximum atomic E-state index is 12.1. The number of aromatic nitrogens is 2. The molecule has 1 aromatic heterocycles. The second-order valence-corrected chi connectivity index (χ2v) is 10.5. The van der Waals surface area contributed by atoms with Crippen molar-refractivity contribution in [3.8, 4) is 0 Å². The molecule has 1 aromatic rings. The molecule has 17 nitrogen and oxygen atoms in total. The van der Waals surface area contributed by atoms with Crippen molar-refractivity contribution in [1.82, 2.24) is 9.55 Å². The summed E-state index contributed by atoms with van der Waals surface area (Å²) in [7, 11) is -10.7. The van der Waals surface area contributed by atoms with E-state index in [2.05, 4.69) is 13.4 Å². The predicted molar refractivity (Wildman–Crippen MR) is 106 cm³/mol. The van der Waals surface area contributed by atoms with E-state index in [0.29, 0.717) is 0 Å². The van der Waals surface area contributed by atoms with Gasteiger partial charge in [0.1, 0.15) is 18.4 Å². The van der Waals surface area contributed by atoms with Crippen LogP contribution >= 0.6 is 15.6 Å². The van der Waals surface area contributed by atoms with Crippen molar-refractivity contribution < 1.29 is 62.2 Å². The minimum Gasteiger partial charge on any atom is -0.394 e. The van der Waals surface area contributed by atoms with Gasteiger partial charge in [-0.25, -0.2) is 13.9 Å². The summed E-state index contributed by atoms with van der Waals surface area (Å²) in [5, 5.41) is 38.7. The van der Waals surface area contributed by atoms with Gasteiger partial charge in [0, 0.05) is 25.1 Å². The summed E-state index contributed by atoms with van der Waals surface area (Å²) in [5.41, 5.74) is -1.47. The molecular weight excluding hydrogens is 510 g/mol.